The van der Waals surface area contributed by atoms with E-state index in [4.69, 9.17) is 16.0 Å². The summed E-state index contributed by atoms with van der Waals surface area (Å²) in [5.74, 6) is 0.910. The second kappa shape index (κ2) is 3.07. The Morgan fingerprint density at radius 1 is 1.40 bits per heavy atom. The minimum atomic E-state index is -0.343. The van der Waals surface area contributed by atoms with Gasteiger partial charge in [0.25, 0.3) is 0 Å². The summed E-state index contributed by atoms with van der Waals surface area (Å²) >= 11 is 5.80. The molecular formula is C11H8ClNO2. The molecule has 0 unspecified atom stereocenters. The summed E-state index contributed by atoms with van der Waals surface area (Å²) in [5, 5.41) is 0.975. The maximum Gasteiger partial charge on any atom is 0.346 e. The van der Waals surface area contributed by atoms with Gasteiger partial charge in [-0.1, -0.05) is 11.6 Å². The van der Waals surface area contributed by atoms with Crippen LogP contribution in [-0.4, -0.2) is 4.98 Å². The Kier molecular flexibility index (Phi) is 1.83. The average molecular weight is 222 g/mol. The van der Waals surface area contributed by atoms with E-state index in [-0.39, 0.29) is 5.63 Å². The van der Waals surface area contributed by atoms with Crippen molar-refractivity contribution < 1.29 is 4.42 Å². The fraction of sp³-hybridized carbons (Fsp3) is 0.273. The monoisotopic (exact) mass is 221 g/mol. The smallest absolute Gasteiger partial charge is 0.346 e. The molecule has 4 heteroatoms. The zero-order chi connectivity index (χ0) is 10.4. The highest BCUT2D eigenvalue weighted by Gasteiger charge is 2.28. The van der Waals surface area contributed by atoms with E-state index in [1.807, 2.05) is 0 Å². The second-order valence-corrected chi connectivity index (χ2v) is 4.21. The Morgan fingerprint density at radius 2 is 2.20 bits per heavy atom. The van der Waals surface area contributed by atoms with Crippen LogP contribution in [-0.2, 0) is 0 Å². The first kappa shape index (κ1) is 8.92. The Morgan fingerprint density at radius 3 is 2.93 bits per heavy atom. The number of hydrogen-bond donors (Lipinski definition) is 0. The molecule has 1 saturated carbocycles. The molecular weight excluding hydrogens is 214 g/mol. The highest BCUT2D eigenvalue weighted by molar-refractivity contribution is 6.31. The van der Waals surface area contributed by atoms with Gasteiger partial charge in [0.15, 0.2) is 0 Å². The molecule has 2 aromatic rings. The molecule has 0 spiro atoms. The Balaban J connectivity index is 2.31. The molecule has 1 aliphatic rings. The molecule has 1 aromatic heterocycles. The molecule has 1 aliphatic carbocycles. The molecule has 0 N–H and O–H groups in total. The maximum absolute atomic E-state index is 11.6. The van der Waals surface area contributed by atoms with Gasteiger partial charge in [0.05, 0.1) is 10.9 Å². The third-order valence-corrected chi connectivity index (χ3v) is 2.77. The number of nitrogens with zero attached hydrogens (tertiary/aromatic N) is 1. The van der Waals surface area contributed by atoms with Crippen LogP contribution in [0, 0.1) is 0 Å². The zero-order valence-electron chi connectivity index (χ0n) is 7.87. The number of rotatable bonds is 1. The summed E-state index contributed by atoms with van der Waals surface area (Å²) in [6, 6.07) is 5.07. The molecule has 0 aliphatic heterocycles. The van der Waals surface area contributed by atoms with Crippen molar-refractivity contribution in [1.82, 2.24) is 4.98 Å². The minimum absolute atomic E-state index is 0.343. The van der Waals surface area contributed by atoms with Crippen LogP contribution in [0.3, 0.4) is 0 Å². The summed E-state index contributed by atoms with van der Waals surface area (Å²) in [6.07, 6.45) is 2.13. The molecule has 3 nitrogen and oxygen atoms in total. The van der Waals surface area contributed by atoms with Crippen molar-refractivity contribution in [3.8, 4) is 0 Å². The fourth-order valence-corrected chi connectivity index (χ4v) is 1.74. The maximum atomic E-state index is 11.6. The first-order valence-corrected chi connectivity index (χ1v) is 5.22. The predicted octanol–water partition coefficient (Wildman–Crippen LogP) is 2.72. The highest BCUT2D eigenvalue weighted by atomic mass is 35.5. The van der Waals surface area contributed by atoms with Crippen molar-refractivity contribution in [3.05, 3.63) is 39.5 Å². The van der Waals surface area contributed by atoms with E-state index in [9.17, 15) is 4.79 Å². The summed E-state index contributed by atoms with van der Waals surface area (Å²) < 4.78 is 5.14. The lowest BCUT2D eigenvalue weighted by Gasteiger charge is -1.99. The van der Waals surface area contributed by atoms with E-state index in [0.29, 0.717) is 27.7 Å². The standard InChI is InChI=1S/C11H8ClNO2/c12-7-3-4-9-8(5-7)11(14)15-10(13-9)6-1-2-6/h3-6H,1-2H2. The van der Waals surface area contributed by atoms with Crippen molar-refractivity contribution >= 4 is 22.5 Å². The molecule has 1 aromatic carbocycles. The Labute approximate surface area is 90.7 Å². The van der Waals surface area contributed by atoms with Crippen molar-refractivity contribution in [1.29, 1.82) is 0 Å². The third kappa shape index (κ3) is 1.53. The van der Waals surface area contributed by atoms with Gasteiger partial charge in [-0.2, -0.15) is 0 Å². The van der Waals surface area contributed by atoms with Gasteiger partial charge < -0.3 is 4.42 Å². The molecule has 76 valence electrons. The normalized spacial score (nSPS) is 15.8. The summed E-state index contributed by atoms with van der Waals surface area (Å²) in [6.45, 7) is 0. The van der Waals surface area contributed by atoms with Crippen molar-refractivity contribution in [2.24, 2.45) is 0 Å². The third-order valence-electron chi connectivity index (χ3n) is 2.53. The minimum Gasteiger partial charge on any atom is -0.408 e. The molecule has 1 heterocycles. The molecule has 1 fully saturated rings. The summed E-state index contributed by atoms with van der Waals surface area (Å²) in [7, 11) is 0. The first-order chi connectivity index (χ1) is 7.24. The fourth-order valence-electron chi connectivity index (χ4n) is 1.57. The lowest BCUT2D eigenvalue weighted by molar-refractivity contribution is 0.446. The van der Waals surface area contributed by atoms with Gasteiger partial charge in [-0.3, -0.25) is 0 Å². The van der Waals surface area contributed by atoms with Gasteiger partial charge in [-0.15, -0.1) is 0 Å². The molecule has 3 rings (SSSR count). The van der Waals surface area contributed by atoms with Crippen molar-refractivity contribution in [2.75, 3.05) is 0 Å². The van der Waals surface area contributed by atoms with E-state index in [1.54, 1.807) is 18.2 Å². The highest BCUT2D eigenvalue weighted by Crippen LogP contribution is 2.38. The summed E-state index contributed by atoms with van der Waals surface area (Å²) in [4.78, 5) is 15.9. The summed E-state index contributed by atoms with van der Waals surface area (Å²) in [5.41, 5.74) is 0.321. The van der Waals surface area contributed by atoms with Gasteiger partial charge in [-0.25, -0.2) is 9.78 Å². The van der Waals surface area contributed by atoms with Crippen LogP contribution in [0.2, 0.25) is 5.02 Å². The topological polar surface area (TPSA) is 43.1 Å². The van der Waals surface area contributed by atoms with E-state index in [1.165, 1.54) is 0 Å². The van der Waals surface area contributed by atoms with Gasteiger partial charge in [-0.05, 0) is 31.0 Å². The lowest BCUT2D eigenvalue weighted by Crippen LogP contribution is -2.04. The molecule has 0 amide bonds. The van der Waals surface area contributed by atoms with Gasteiger partial charge in [0.2, 0.25) is 5.89 Å². The van der Waals surface area contributed by atoms with Gasteiger partial charge in [0, 0.05) is 10.9 Å². The number of halogens is 1. The number of fused-ring (bicyclic) bond motifs is 1. The molecule has 0 radical (unpaired) electrons. The van der Waals surface area contributed by atoms with Crippen LogP contribution in [0.5, 0.6) is 0 Å². The molecule has 0 atom stereocenters. The number of aromatic nitrogens is 1. The quantitative estimate of drug-likeness (QED) is 0.744. The molecule has 15 heavy (non-hydrogen) atoms. The zero-order valence-corrected chi connectivity index (χ0v) is 8.62. The first-order valence-electron chi connectivity index (χ1n) is 4.84. The van der Waals surface area contributed by atoms with E-state index in [0.717, 1.165) is 12.8 Å². The van der Waals surface area contributed by atoms with Gasteiger partial charge >= 0.3 is 5.63 Å². The van der Waals surface area contributed by atoms with Crippen LogP contribution in [0.4, 0.5) is 0 Å². The number of benzene rings is 1. The van der Waals surface area contributed by atoms with E-state index >= 15 is 0 Å². The second-order valence-electron chi connectivity index (χ2n) is 3.78. The Bertz CT molecular complexity index is 587. The predicted molar refractivity (Wildman–Crippen MR) is 57.3 cm³/mol. The van der Waals surface area contributed by atoms with Crippen LogP contribution >= 0.6 is 11.6 Å². The van der Waals surface area contributed by atoms with Crippen LogP contribution < -0.4 is 5.63 Å². The van der Waals surface area contributed by atoms with E-state index in [2.05, 4.69) is 4.98 Å². The SMILES string of the molecule is O=c1oc(C2CC2)nc2ccc(Cl)cc12. The van der Waals surface area contributed by atoms with Crippen LogP contribution in [0.1, 0.15) is 24.7 Å². The van der Waals surface area contributed by atoms with Crippen molar-refractivity contribution in [3.63, 3.8) is 0 Å². The van der Waals surface area contributed by atoms with Crippen molar-refractivity contribution in [2.45, 2.75) is 18.8 Å². The van der Waals surface area contributed by atoms with Crippen LogP contribution in [0.25, 0.3) is 10.9 Å². The van der Waals surface area contributed by atoms with Crippen LogP contribution in [0.15, 0.2) is 27.4 Å². The largest absolute Gasteiger partial charge is 0.408 e. The van der Waals surface area contributed by atoms with E-state index < -0.39 is 0 Å². The average Bonchev–Trinajstić information content (AvgIpc) is 3.02. The number of hydrogen-bond acceptors (Lipinski definition) is 3. The Hall–Kier alpha value is -1.35. The van der Waals surface area contributed by atoms with Gasteiger partial charge in [0.1, 0.15) is 0 Å². The lowest BCUT2D eigenvalue weighted by atomic mass is 10.2. The molecule has 0 saturated heterocycles. The molecule has 0 bridgehead atoms.